The maximum atomic E-state index is 12.7. The summed E-state index contributed by atoms with van der Waals surface area (Å²) in [6.07, 6.45) is 1.92. The maximum absolute atomic E-state index is 12.7. The lowest BCUT2D eigenvalue weighted by Crippen LogP contribution is -2.31. The quantitative estimate of drug-likeness (QED) is 0.831. The highest BCUT2D eigenvalue weighted by molar-refractivity contribution is 7.98. The molecule has 4 nitrogen and oxygen atoms in total. The number of thioether (sulfide) groups is 1. The van der Waals surface area contributed by atoms with Crippen molar-refractivity contribution < 1.29 is 8.42 Å². The fraction of sp³-hybridized carbons (Fsp3) is 0.538. The minimum absolute atomic E-state index is 0. The second-order valence-electron chi connectivity index (χ2n) is 5.30. The first-order valence-corrected chi connectivity index (χ1v) is 9.61. The van der Waals surface area contributed by atoms with Gasteiger partial charge in [-0.3, -0.25) is 0 Å². The van der Waals surface area contributed by atoms with Crippen LogP contribution in [0.4, 0.5) is 0 Å². The summed E-state index contributed by atoms with van der Waals surface area (Å²) in [7, 11) is -3.42. The normalized spacial score (nSPS) is 25.6. The third-order valence-corrected chi connectivity index (χ3v) is 7.17. The maximum Gasteiger partial charge on any atom is 0.243 e. The number of benzene rings is 1. The van der Waals surface area contributed by atoms with Crippen LogP contribution < -0.4 is 5.32 Å². The summed E-state index contributed by atoms with van der Waals surface area (Å²) in [6.45, 7) is 3.06. The van der Waals surface area contributed by atoms with E-state index in [0.717, 1.165) is 18.0 Å². The van der Waals surface area contributed by atoms with Crippen molar-refractivity contribution in [1.29, 1.82) is 0 Å². The van der Waals surface area contributed by atoms with Crippen LogP contribution in [0.1, 0.15) is 0 Å². The lowest BCUT2D eigenvalue weighted by Gasteiger charge is -2.18. The van der Waals surface area contributed by atoms with Crippen molar-refractivity contribution >= 4 is 45.8 Å². The summed E-state index contributed by atoms with van der Waals surface area (Å²) in [5, 5.41) is 3.81. The molecular weight excluding hydrogens is 351 g/mol. The zero-order chi connectivity index (χ0) is 14.3. The first-order valence-electron chi connectivity index (χ1n) is 6.57. The van der Waals surface area contributed by atoms with E-state index in [4.69, 9.17) is 11.6 Å². The summed E-state index contributed by atoms with van der Waals surface area (Å²) in [5.41, 5.74) is 0. The third kappa shape index (κ3) is 3.21. The van der Waals surface area contributed by atoms with Gasteiger partial charge in [-0.2, -0.15) is 4.31 Å². The summed E-state index contributed by atoms with van der Waals surface area (Å²) in [5.74, 6) is 0.899. The van der Waals surface area contributed by atoms with Gasteiger partial charge in [-0.25, -0.2) is 8.42 Å². The summed E-state index contributed by atoms with van der Waals surface area (Å²) >= 11 is 7.64. The van der Waals surface area contributed by atoms with Crippen LogP contribution in [0.2, 0.25) is 5.02 Å². The van der Waals surface area contributed by atoms with E-state index in [0.29, 0.717) is 34.8 Å². The lowest BCUT2D eigenvalue weighted by atomic mass is 10.0. The average molecular weight is 369 g/mol. The van der Waals surface area contributed by atoms with Crippen LogP contribution >= 0.6 is 35.8 Å². The Labute approximate surface area is 141 Å². The van der Waals surface area contributed by atoms with E-state index in [1.54, 1.807) is 22.5 Å². The molecule has 0 aliphatic carbocycles. The first-order chi connectivity index (χ1) is 9.52. The van der Waals surface area contributed by atoms with Gasteiger partial charge in [0.25, 0.3) is 0 Å². The van der Waals surface area contributed by atoms with Gasteiger partial charge in [0.2, 0.25) is 10.0 Å². The largest absolute Gasteiger partial charge is 0.316 e. The molecule has 1 aromatic carbocycles. The molecule has 8 heteroatoms. The second kappa shape index (κ2) is 6.64. The topological polar surface area (TPSA) is 49.4 Å². The van der Waals surface area contributed by atoms with Crippen LogP contribution in [0.5, 0.6) is 0 Å². The van der Waals surface area contributed by atoms with Crippen molar-refractivity contribution in [2.24, 2.45) is 11.8 Å². The van der Waals surface area contributed by atoms with E-state index in [1.807, 2.05) is 6.26 Å². The van der Waals surface area contributed by atoms with E-state index in [1.165, 1.54) is 11.8 Å². The van der Waals surface area contributed by atoms with Crippen molar-refractivity contribution in [3.05, 3.63) is 23.2 Å². The highest BCUT2D eigenvalue weighted by atomic mass is 35.5. The Kier molecular flexibility index (Phi) is 5.50. The highest BCUT2D eigenvalue weighted by Crippen LogP contribution is 2.33. The molecule has 0 bridgehead atoms. The van der Waals surface area contributed by atoms with Crippen LogP contribution in [0, 0.1) is 11.8 Å². The molecule has 0 aromatic heterocycles. The van der Waals surface area contributed by atoms with Gasteiger partial charge in [-0.05, 0) is 49.4 Å². The minimum Gasteiger partial charge on any atom is -0.316 e. The van der Waals surface area contributed by atoms with Gasteiger partial charge in [0.05, 0.1) is 9.92 Å². The van der Waals surface area contributed by atoms with Crippen LogP contribution in [-0.2, 0) is 10.0 Å². The Balaban J connectivity index is 0.00000161. The molecular formula is C13H18Cl2N2O2S2. The van der Waals surface area contributed by atoms with Crippen molar-refractivity contribution in [1.82, 2.24) is 9.62 Å². The van der Waals surface area contributed by atoms with Crippen molar-refractivity contribution in [3.8, 4) is 0 Å². The SMILES string of the molecule is CSc1ccc(S(=O)(=O)N2C[C@H]3CNC[C@H]3C2)cc1Cl.Cl. The Morgan fingerprint density at radius 3 is 2.43 bits per heavy atom. The molecule has 2 atom stereocenters. The van der Waals surface area contributed by atoms with Crippen molar-refractivity contribution in [3.63, 3.8) is 0 Å². The molecule has 118 valence electrons. The van der Waals surface area contributed by atoms with Gasteiger partial charge in [0, 0.05) is 18.0 Å². The molecule has 0 spiro atoms. The number of hydrogen-bond acceptors (Lipinski definition) is 4. The zero-order valence-corrected chi connectivity index (χ0v) is 14.8. The van der Waals surface area contributed by atoms with E-state index in [9.17, 15) is 8.42 Å². The molecule has 0 amide bonds. The highest BCUT2D eigenvalue weighted by Gasteiger charge is 2.41. The van der Waals surface area contributed by atoms with E-state index >= 15 is 0 Å². The number of halogens is 2. The molecule has 1 N–H and O–H groups in total. The van der Waals surface area contributed by atoms with Gasteiger partial charge < -0.3 is 5.32 Å². The number of sulfonamides is 1. The summed E-state index contributed by atoms with van der Waals surface area (Å²) in [4.78, 5) is 1.20. The molecule has 2 fully saturated rings. The fourth-order valence-electron chi connectivity index (χ4n) is 2.97. The van der Waals surface area contributed by atoms with E-state index in [2.05, 4.69) is 5.32 Å². The molecule has 2 aliphatic heterocycles. The Morgan fingerprint density at radius 1 is 1.29 bits per heavy atom. The van der Waals surface area contributed by atoms with Gasteiger partial charge in [0.15, 0.2) is 0 Å². The molecule has 0 saturated carbocycles. The van der Waals surface area contributed by atoms with E-state index in [-0.39, 0.29) is 12.4 Å². The molecule has 2 aliphatic rings. The summed E-state index contributed by atoms with van der Waals surface area (Å²) < 4.78 is 26.9. The van der Waals surface area contributed by atoms with Crippen molar-refractivity contribution in [2.75, 3.05) is 32.4 Å². The van der Waals surface area contributed by atoms with Crippen molar-refractivity contribution in [2.45, 2.75) is 9.79 Å². The number of hydrogen-bond donors (Lipinski definition) is 1. The Morgan fingerprint density at radius 2 is 1.90 bits per heavy atom. The van der Waals surface area contributed by atoms with Gasteiger partial charge in [0.1, 0.15) is 0 Å². The molecule has 1 aromatic rings. The fourth-order valence-corrected chi connectivity index (χ4v) is 5.48. The smallest absolute Gasteiger partial charge is 0.243 e. The van der Waals surface area contributed by atoms with Gasteiger partial charge in [-0.1, -0.05) is 11.6 Å². The van der Waals surface area contributed by atoms with Crippen LogP contribution in [-0.4, -0.2) is 45.2 Å². The molecule has 0 radical (unpaired) electrons. The second-order valence-corrected chi connectivity index (χ2v) is 8.49. The Hall–Kier alpha value is 0.0200. The molecule has 2 saturated heterocycles. The monoisotopic (exact) mass is 368 g/mol. The van der Waals surface area contributed by atoms with Crippen LogP contribution in [0.15, 0.2) is 28.0 Å². The summed E-state index contributed by atoms with van der Waals surface area (Å²) in [6, 6.07) is 4.99. The molecule has 0 unspecified atom stereocenters. The van der Waals surface area contributed by atoms with Crippen LogP contribution in [0.25, 0.3) is 0 Å². The molecule has 2 heterocycles. The standard InChI is InChI=1S/C13H17ClN2O2S2.ClH/c1-19-13-3-2-11(4-12(13)14)20(17,18)16-7-9-5-15-6-10(9)8-16;/h2-4,9-10,15H,5-8H2,1H3;1H/t9-,10+;. The average Bonchev–Trinajstić information content (AvgIpc) is 2.99. The first kappa shape index (κ1) is 17.4. The minimum atomic E-state index is -3.42. The predicted octanol–water partition coefficient (Wildman–Crippen LogP) is 2.32. The predicted molar refractivity (Wildman–Crippen MR) is 89.1 cm³/mol. The van der Waals surface area contributed by atoms with Gasteiger partial charge >= 0.3 is 0 Å². The number of rotatable bonds is 3. The van der Waals surface area contributed by atoms with E-state index < -0.39 is 10.0 Å². The molecule has 3 rings (SSSR count). The number of nitrogens with zero attached hydrogens (tertiary/aromatic N) is 1. The third-order valence-electron chi connectivity index (χ3n) is 4.12. The zero-order valence-electron chi connectivity index (χ0n) is 11.6. The number of fused-ring (bicyclic) bond motifs is 1. The van der Waals surface area contributed by atoms with Crippen LogP contribution in [0.3, 0.4) is 0 Å². The lowest BCUT2D eigenvalue weighted by molar-refractivity contribution is 0.448. The Bertz CT molecular complexity index is 613. The number of nitrogens with one attached hydrogen (secondary N) is 1. The molecule has 21 heavy (non-hydrogen) atoms. The van der Waals surface area contributed by atoms with Gasteiger partial charge in [-0.15, -0.1) is 24.2 Å².